The summed E-state index contributed by atoms with van der Waals surface area (Å²) in [4.78, 5) is 12.5. The predicted octanol–water partition coefficient (Wildman–Crippen LogP) is 5.20. The molecule has 0 saturated carbocycles. The van der Waals surface area contributed by atoms with Crippen LogP contribution >= 0.6 is 23.2 Å². The number of carbonyl (C=O) groups is 1. The SMILES string of the molecule is CCOc1cc(/C=N\NC(=O)CN(c2cccc(Cl)c2C)S(C)(=O)=O)ccc1OCc1cccc(Cl)c1. The fourth-order valence-corrected chi connectivity index (χ4v) is 4.66. The molecule has 0 radical (unpaired) electrons. The first-order valence-corrected chi connectivity index (χ1v) is 13.9. The van der Waals surface area contributed by atoms with E-state index in [1.54, 1.807) is 49.4 Å². The van der Waals surface area contributed by atoms with E-state index >= 15 is 0 Å². The number of rotatable bonds is 11. The molecule has 0 aliphatic carbocycles. The van der Waals surface area contributed by atoms with E-state index in [1.807, 2.05) is 25.1 Å². The number of nitrogens with zero attached hydrogens (tertiary/aromatic N) is 2. The Morgan fingerprint density at radius 2 is 1.81 bits per heavy atom. The van der Waals surface area contributed by atoms with Gasteiger partial charge in [-0.25, -0.2) is 13.8 Å². The molecule has 196 valence electrons. The van der Waals surface area contributed by atoms with Crippen molar-refractivity contribution >= 4 is 51.0 Å². The summed E-state index contributed by atoms with van der Waals surface area (Å²) in [6.07, 6.45) is 2.45. The second-order valence-electron chi connectivity index (χ2n) is 8.00. The third-order valence-corrected chi connectivity index (χ3v) is 6.92. The van der Waals surface area contributed by atoms with Crippen LogP contribution in [0.4, 0.5) is 5.69 Å². The average Bonchev–Trinajstić information content (AvgIpc) is 2.83. The Morgan fingerprint density at radius 3 is 2.51 bits per heavy atom. The molecule has 3 rings (SSSR count). The van der Waals surface area contributed by atoms with E-state index in [-0.39, 0.29) is 0 Å². The minimum atomic E-state index is -3.75. The predicted molar refractivity (Wildman–Crippen MR) is 148 cm³/mol. The number of anilines is 1. The maximum absolute atomic E-state index is 12.5. The van der Waals surface area contributed by atoms with Crippen LogP contribution in [0.25, 0.3) is 0 Å². The lowest BCUT2D eigenvalue weighted by molar-refractivity contribution is -0.119. The molecular weight excluding hydrogens is 537 g/mol. The third-order valence-electron chi connectivity index (χ3n) is 5.15. The Bertz CT molecular complexity index is 1400. The van der Waals surface area contributed by atoms with E-state index in [9.17, 15) is 13.2 Å². The first-order valence-electron chi connectivity index (χ1n) is 11.3. The molecule has 3 aromatic rings. The van der Waals surface area contributed by atoms with Gasteiger partial charge in [0.15, 0.2) is 11.5 Å². The number of carbonyl (C=O) groups excluding carboxylic acids is 1. The van der Waals surface area contributed by atoms with Gasteiger partial charge >= 0.3 is 0 Å². The van der Waals surface area contributed by atoms with E-state index in [4.69, 9.17) is 32.7 Å². The number of benzene rings is 3. The Labute approximate surface area is 226 Å². The maximum Gasteiger partial charge on any atom is 0.260 e. The highest BCUT2D eigenvalue weighted by Crippen LogP contribution is 2.30. The minimum absolute atomic E-state index is 0.313. The van der Waals surface area contributed by atoms with Crippen LogP contribution < -0.4 is 19.2 Å². The van der Waals surface area contributed by atoms with Gasteiger partial charge in [-0.1, -0.05) is 41.4 Å². The molecule has 0 heterocycles. The van der Waals surface area contributed by atoms with Crippen LogP contribution in [0.1, 0.15) is 23.6 Å². The molecule has 3 aromatic carbocycles. The van der Waals surface area contributed by atoms with Gasteiger partial charge < -0.3 is 9.47 Å². The number of hydrogen-bond donors (Lipinski definition) is 1. The number of amides is 1. The second kappa shape index (κ2) is 12.8. The van der Waals surface area contributed by atoms with Crippen LogP contribution in [0.15, 0.2) is 65.8 Å². The molecule has 1 amide bonds. The van der Waals surface area contributed by atoms with Crippen molar-refractivity contribution in [3.05, 3.63) is 87.4 Å². The van der Waals surface area contributed by atoms with E-state index in [1.165, 1.54) is 6.21 Å². The van der Waals surface area contributed by atoms with Crippen LogP contribution in [0, 0.1) is 6.92 Å². The van der Waals surface area contributed by atoms with E-state index < -0.39 is 22.5 Å². The summed E-state index contributed by atoms with van der Waals surface area (Å²) in [5.74, 6) is 0.441. The zero-order chi connectivity index (χ0) is 27.0. The molecule has 11 heteroatoms. The van der Waals surface area contributed by atoms with Gasteiger partial charge in [0.05, 0.1) is 24.8 Å². The monoisotopic (exact) mass is 563 g/mol. The Kier molecular flexibility index (Phi) is 9.79. The Balaban J connectivity index is 1.68. The van der Waals surface area contributed by atoms with Crippen LogP contribution in [0.3, 0.4) is 0 Å². The van der Waals surface area contributed by atoms with Crippen molar-refractivity contribution in [3.8, 4) is 11.5 Å². The van der Waals surface area contributed by atoms with Crippen LogP contribution in [-0.2, 0) is 21.4 Å². The zero-order valence-corrected chi connectivity index (χ0v) is 22.9. The lowest BCUT2D eigenvalue weighted by atomic mass is 10.2. The number of nitrogens with one attached hydrogen (secondary N) is 1. The normalized spacial score (nSPS) is 11.4. The first-order chi connectivity index (χ1) is 17.6. The summed E-state index contributed by atoms with van der Waals surface area (Å²) < 4.78 is 37.3. The number of hydrogen-bond acceptors (Lipinski definition) is 6. The third kappa shape index (κ3) is 8.11. The highest BCUT2D eigenvalue weighted by Gasteiger charge is 2.23. The van der Waals surface area contributed by atoms with E-state index in [0.717, 1.165) is 16.1 Å². The summed E-state index contributed by atoms with van der Waals surface area (Å²) in [5, 5.41) is 4.99. The van der Waals surface area contributed by atoms with Crippen molar-refractivity contribution in [1.82, 2.24) is 5.43 Å². The summed E-state index contributed by atoms with van der Waals surface area (Å²) in [6.45, 7) is 3.82. The molecule has 0 bridgehead atoms. The van der Waals surface area contributed by atoms with Crippen molar-refractivity contribution in [1.29, 1.82) is 0 Å². The van der Waals surface area contributed by atoms with Crippen molar-refractivity contribution < 1.29 is 22.7 Å². The lowest BCUT2D eigenvalue weighted by Crippen LogP contribution is -2.39. The molecule has 0 aliphatic heterocycles. The number of ether oxygens (including phenoxy) is 2. The number of hydrazone groups is 1. The summed E-state index contributed by atoms with van der Waals surface area (Å²) >= 11 is 12.2. The number of sulfonamides is 1. The van der Waals surface area contributed by atoms with E-state index in [0.29, 0.717) is 51.6 Å². The summed E-state index contributed by atoms with van der Waals surface area (Å²) in [7, 11) is -3.75. The molecule has 37 heavy (non-hydrogen) atoms. The fourth-order valence-electron chi connectivity index (χ4n) is 3.37. The average molecular weight is 564 g/mol. The molecule has 0 aliphatic rings. The van der Waals surface area contributed by atoms with Crippen LogP contribution in [-0.4, -0.2) is 39.9 Å². The Hall–Kier alpha value is -3.27. The van der Waals surface area contributed by atoms with Crippen LogP contribution in [0.5, 0.6) is 11.5 Å². The summed E-state index contributed by atoms with van der Waals surface area (Å²) in [6, 6.07) is 17.5. The topological polar surface area (TPSA) is 97.3 Å². The van der Waals surface area contributed by atoms with Gasteiger partial charge in [-0.3, -0.25) is 9.10 Å². The standard InChI is InChI=1S/C26H27Cl2N3O5S/c1-4-35-25-14-19(11-12-24(25)36-17-20-7-5-8-21(27)13-20)15-29-30-26(32)16-31(37(3,33)34)23-10-6-9-22(28)18(23)2/h5-15H,4,16-17H2,1-3H3,(H,30,32)/b29-15-. The van der Waals surface area contributed by atoms with Gasteiger partial charge in [-0.15, -0.1) is 0 Å². The highest BCUT2D eigenvalue weighted by atomic mass is 35.5. The lowest BCUT2D eigenvalue weighted by Gasteiger charge is -2.23. The van der Waals surface area contributed by atoms with Crippen LogP contribution in [0.2, 0.25) is 10.0 Å². The molecule has 0 saturated heterocycles. The van der Waals surface area contributed by atoms with Crippen molar-refractivity contribution in [3.63, 3.8) is 0 Å². The molecule has 0 fully saturated rings. The van der Waals surface area contributed by atoms with Gasteiger partial charge in [0.25, 0.3) is 5.91 Å². The molecular formula is C26H27Cl2N3O5S. The number of halogens is 2. The molecule has 0 spiro atoms. The molecule has 0 aromatic heterocycles. The first kappa shape index (κ1) is 28.3. The van der Waals surface area contributed by atoms with Crippen molar-refractivity contribution in [2.24, 2.45) is 5.10 Å². The van der Waals surface area contributed by atoms with Gasteiger partial charge in [-0.05, 0) is 73.0 Å². The van der Waals surface area contributed by atoms with Gasteiger partial charge in [-0.2, -0.15) is 5.10 Å². The zero-order valence-electron chi connectivity index (χ0n) is 20.6. The van der Waals surface area contributed by atoms with Gasteiger partial charge in [0.1, 0.15) is 13.2 Å². The van der Waals surface area contributed by atoms with Crippen molar-refractivity contribution in [2.75, 3.05) is 23.7 Å². The van der Waals surface area contributed by atoms with Gasteiger partial charge in [0, 0.05) is 10.0 Å². The molecule has 0 unspecified atom stereocenters. The quantitative estimate of drug-likeness (QED) is 0.255. The largest absolute Gasteiger partial charge is 0.490 e. The summed E-state index contributed by atoms with van der Waals surface area (Å²) in [5.41, 5.74) is 4.79. The Morgan fingerprint density at radius 1 is 1.05 bits per heavy atom. The highest BCUT2D eigenvalue weighted by molar-refractivity contribution is 7.92. The van der Waals surface area contributed by atoms with Crippen molar-refractivity contribution in [2.45, 2.75) is 20.5 Å². The van der Waals surface area contributed by atoms with E-state index in [2.05, 4.69) is 10.5 Å². The maximum atomic E-state index is 12.5. The van der Waals surface area contributed by atoms with Gasteiger partial charge in [0.2, 0.25) is 10.0 Å². The molecule has 0 atom stereocenters. The minimum Gasteiger partial charge on any atom is -0.490 e. The molecule has 1 N–H and O–H groups in total. The molecule has 8 nitrogen and oxygen atoms in total. The second-order valence-corrected chi connectivity index (χ2v) is 10.8. The fraction of sp³-hybridized carbons (Fsp3) is 0.231. The smallest absolute Gasteiger partial charge is 0.260 e.